The molecule has 0 heterocycles. The first-order valence-corrected chi connectivity index (χ1v) is 8.38. The lowest BCUT2D eigenvalue weighted by molar-refractivity contribution is -0.128. The van der Waals surface area contributed by atoms with E-state index in [1.54, 1.807) is 19.0 Å². The lowest BCUT2D eigenvalue weighted by Gasteiger charge is -2.16. The number of rotatable bonds is 8. The Labute approximate surface area is 145 Å². The Morgan fingerprint density at radius 2 is 2.08 bits per heavy atom. The van der Waals surface area contributed by atoms with Crippen LogP contribution in [0.15, 0.2) is 29.3 Å². The predicted molar refractivity (Wildman–Crippen MR) is 98.6 cm³/mol. The zero-order valence-electron chi connectivity index (χ0n) is 15.4. The van der Waals surface area contributed by atoms with E-state index in [1.165, 1.54) is 5.56 Å². The molecule has 2 N–H and O–H groups in total. The van der Waals surface area contributed by atoms with Gasteiger partial charge in [-0.2, -0.15) is 0 Å². The first kappa shape index (κ1) is 19.8. The number of hydrogen-bond donors (Lipinski definition) is 2. The molecular weight excluding hydrogens is 304 g/mol. The first-order valence-electron chi connectivity index (χ1n) is 8.38. The minimum Gasteiger partial charge on any atom is -0.489 e. The van der Waals surface area contributed by atoms with Gasteiger partial charge in [0.15, 0.2) is 5.96 Å². The van der Waals surface area contributed by atoms with Crippen molar-refractivity contribution in [2.45, 2.75) is 33.3 Å². The van der Waals surface area contributed by atoms with Crippen LogP contribution in [0.4, 0.5) is 0 Å². The van der Waals surface area contributed by atoms with E-state index in [-0.39, 0.29) is 12.0 Å². The number of aliphatic imine (C=N–C) groups is 1. The van der Waals surface area contributed by atoms with Crippen LogP contribution in [-0.4, -0.2) is 56.6 Å². The molecule has 0 fully saturated rings. The molecule has 134 valence electrons. The molecular formula is C18H30N4O2. The number of ether oxygens (including phenoxy) is 1. The molecule has 1 amide bonds. The maximum Gasteiger partial charge on any atom is 0.223 e. The van der Waals surface area contributed by atoms with Crippen molar-refractivity contribution in [1.82, 2.24) is 15.5 Å². The van der Waals surface area contributed by atoms with E-state index >= 15 is 0 Å². The van der Waals surface area contributed by atoms with E-state index in [0.29, 0.717) is 25.5 Å². The summed E-state index contributed by atoms with van der Waals surface area (Å²) in [5.74, 6) is 1.64. The molecule has 6 heteroatoms. The van der Waals surface area contributed by atoms with Crippen molar-refractivity contribution in [3.05, 3.63) is 29.8 Å². The van der Waals surface area contributed by atoms with Gasteiger partial charge in [0.1, 0.15) is 11.9 Å². The standard InChI is InChI=1S/C18H30N4O2/c1-6-19-18(20-11-10-17(23)22(4)5)21-13-15(3)24-16-9-7-8-14(2)12-16/h7-9,12,15H,6,10-11,13H2,1-5H3,(H2,19,20,21). The number of carbonyl (C=O) groups excluding carboxylic acids is 1. The maximum atomic E-state index is 11.6. The molecule has 1 unspecified atom stereocenters. The summed E-state index contributed by atoms with van der Waals surface area (Å²) in [6.07, 6.45) is 0.401. The third kappa shape index (κ3) is 7.85. The third-order valence-corrected chi connectivity index (χ3v) is 3.31. The third-order valence-electron chi connectivity index (χ3n) is 3.31. The fourth-order valence-electron chi connectivity index (χ4n) is 2.03. The summed E-state index contributed by atoms with van der Waals surface area (Å²) in [5.41, 5.74) is 1.17. The minimum absolute atomic E-state index is 0.0364. The average Bonchev–Trinajstić information content (AvgIpc) is 2.52. The van der Waals surface area contributed by atoms with Crippen molar-refractivity contribution in [3.63, 3.8) is 0 Å². The molecule has 0 aliphatic rings. The average molecular weight is 334 g/mol. The van der Waals surface area contributed by atoms with Crippen LogP contribution in [0.1, 0.15) is 25.8 Å². The smallest absolute Gasteiger partial charge is 0.223 e. The van der Waals surface area contributed by atoms with Crippen LogP contribution in [0, 0.1) is 6.92 Å². The van der Waals surface area contributed by atoms with Gasteiger partial charge in [-0.1, -0.05) is 12.1 Å². The summed E-state index contributed by atoms with van der Waals surface area (Å²) >= 11 is 0. The second-order valence-electron chi connectivity index (χ2n) is 5.93. The molecule has 1 rings (SSSR count). The van der Waals surface area contributed by atoms with Crippen LogP contribution < -0.4 is 15.4 Å². The van der Waals surface area contributed by atoms with Gasteiger partial charge < -0.3 is 20.3 Å². The summed E-state index contributed by atoms with van der Waals surface area (Å²) in [6, 6.07) is 7.98. The highest BCUT2D eigenvalue weighted by Crippen LogP contribution is 2.14. The zero-order valence-corrected chi connectivity index (χ0v) is 15.4. The quantitative estimate of drug-likeness (QED) is 0.562. The van der Waals surface area contributed by atoms with Crippen molar-refractivity contribution in [3.8, 4) is 5.75 Å². The van der Waals surface area contributed by atoms with Crippen LogP contribution in [0.3, 0.4) is 0 Å². The van der Waals surface area contributed by atoms with Gasteiger partial charge in [-0.05, 0) is 38.5 Å². The van der Waals surface area contributed by atoms with Crippen molar-refractivity contribution in [1.29, 1.82) is 0 Å². The first-order chi connectivity index (χ1) is 11.4. The van der Waals surface area contributed by atoms with Gasteiger partial charge in [-0.25, -0.2) is 4.99 Å². The molecule has 0 aliphatic carbocycles. The fourth-order valence-corrected chi connectivity index (χ4v) is 2.03. The highest BCUT2D eigenvalue weighted by atomic mass is 16.5. The molecule has 0 saturated carbocycles. The van der Waals surface area contributed by atoms with Gasteiger partial charge in [0.05, 0.1) is 6.54 Å². The zero-order chi connectivity index (χ0) is 17.9. The second kappa shape index (κ2) is 10.5. The normalized spacial score (nSPS) is 12.5. The minimum atomic E-state index is -0.0364. The van der Waals surface area contributed by atoms with Gasteiger partial charge in [-0.15, -0.1) is 0 Å². The Hall–Kier alpha value is -2.24. The Bertz CT molecular complexity index is 544. The number of guanidine groups is 1. The maximum absolute atomic E-state index is 11.6. The largest absolute Gasteiger partial charge is 0.489 e. The van der Waals surface area contributed by atoms with Crippen LogP contribution >= 0.6 is 0 Å². The summed E-state index contributed by atoms with van der Waals surface area (Å²) in [7, 11) is 3.51. The van der Waals surface area contributed by atoms with Gasteiger partial charge in [-0.3, -0.25) is 4.79 Å². The van der Waals surface area contributed by atoms with E-state index in [4.69, 9.17) is 4.74 Å². The summed E-state index contributed by atoms with van der Waals surface area (Å²) in [6.45, 7) is 7.89. The van der Waals surface area contributed by atoms with Crippen LogP contribution in [-0.2, 0) is 4.79 Å². The molecule has 24 heavy (non-hydrogen) atoms. The molecule has 0 aromatic heterocycles. The van der Waals surface area contributed by atoms with Crippen molar-refractivity contribution >= 4 is 11.9 Å². The van der Waals surface area contributed by atoms with Crippen molar-refractivity contribution in [2.24, 2.45) is 4.99 Å². The molecule has 0 aliphatic heterocycles. The number of benzene rings is 1. The Morgan fingerprint density at radius 3 is 2.71 bits per heavy atom. The number of aryl methyl sites for hydroxylation is 1. The summed E-state index contributed by atoms with van der Waals surface area (Å²) in [5, 5.41) is 6.34. The predicted octanol–water partition coefficient (Wildman–Crippen LogP) is 1.80. The molecule has 0 saturated heterocycles. The highest BCUT2D eigenvalue weighted by molar-refractivity contribution is 5.81. The molecule has 0 bridgehead atoms. The van der Waals surface area contributed by atoms with Crippen molar-refractivity contribution in [2.75, 3.05) is 33.7 Å². The number of amides is 1. The summed E-state index contributed by atoms with van der Waals surface area (Å²) in [4.78, 5) is 17.7. The molecule has 1 aromatic carbocycles. The molecule has 0 radical (unpaired) electrons. The fraction of sp³-hybridized carbons (Fsp3) is 0.556. The monoisotopic (exact) mass is 334 g/mol. The summed E-state index contributed by atoms with van der Waals surface area (Å²) < 4.78 is 5.87. The lowest BCUT2D eigenvalue weighted by atomic mass is 10.2. The molecule has 6 nitrogen and oxygen atoms in total. The SMILES string of the molecule is CCNC(=NCC(C)Oc1cccc(C)c1)NCCC(=O)N(C)C. The number of nitrogens with one attached hydrogen (secondary N) is 2. The molecule has 0 spiro atoms. The Kier molecular flexibility index (Phi) is 8.68. The van der Waals surface area contributed by atoms with Crippen LogP contribution in [0.2, 0.25) is 0 Å². The molecule has 1 aromatic rings. The van der Waals surface area contributed by atoms with E-state index in [9.17, 15) is 4.79 Å². The van der Waals surface area contributed by atoms with E-state index in [2.05, 4.69) is 15.6 Å². The van der Waals surface area contributed by atoms with E-state index in [1.807, 2.05) is 45.0 Å². The number of hydrogen-bond acceptors (Lipinski definition) is 3. The van der Waals surface area contributed by atoms with Gasteiger partial charge in [0.25, 0.3) is 0 Å². The number of nitrogens with zero attached hydrogens (tertiary/aromatic N) is 2. The topological polar surface area (TPSA) is 66.0 Å². The van der Waals surface area contributed by atoms with Gasteiger partial charge >= 0.3 is 0 Å². The highest BCUT2D eigenvalue weighted by Gasteiger charge is 2.06. The molecule has 1 atom stereocenters. The van der Waals surface area contributed by atoms with Crippen molar-refractivity contribution < 1.29 is 9.53 Å². The lowest BCUT2D eigenvalue weighted by Crippen LogP contribution is -2.39. The van der Waals surface area contributed by atoms with Gasteiger partial charge in [0.2, 0.25) is 5.91 Å². The second-order valence-corrected chi connectivity index (χ2v) is 5.93. The Balaban J connectivity index is 2.47. The van der Waals surface area contributed by atoms with Crippen LogP contribution in [0.25, 0.3) is 0 Å². The van der Waals surface area contributed by atoms with E-state index < -0.39 is 0 Å². The van der Waals surface area contributed by atoms with Gasteiger partial charge in [0, 0.05) is 33.6 Å². The number of carbonyl (C=O) groups is 1. The van der Waals surface area contributed by atoms with E-state index in [0.717, 1.165) is 12.3 Å². The van der Waals surface area contributed by atoms with Crippen LogP contribution in [0.5, 0.6) is 5.75 Å². The Morgan fingerprint density at radius 1 is 1.33 bits per heavy atom.